The molecule has 0 unspecified atom stereocenters. The second-order valence-corrected chi connectivity index (χ2v) is 4.55. The summed E-state index contributed by atoms with van der Waals surface area (Å²) in [4.78, 5) is 0. The van der Waals surface area contributed by atoms with Crippen LogP contribution < -0.4 is 0 Å². The summed E-state index contributed by atoms with van der Waals surface area (Å²) < 4.78 is 28.2. The van der Waals surface area contributed by atoms with E-state index in [2.05, 4.69) is 15.9 Å². The molecule has 0 spiro atoms. The van der Waals surface area contributed by atoms with Crippen molar-refractivity contribution in [2.45, 2.75) is 6.43 Å². The third-order valence-electron chi connectivity index (χ3n) is 0.973. The predicted molar refractivity (Wildman–Crippen MR) is 51.2 cm³/mol. The van der Waals surface area contributed by atoms with Crippen molar-refractivity contribution in [3.8, 4) is 0 Å². The first-order valence-electron chi connectivity index (χ1n) is 2.51. The highest BCUT2D eigenvalue weighted by Gasteiger charge is 2.12. The fourth-order valence-corrected chi connectivity index (χ4v) is 3.61. The number of rotatable bonds is 1. The predicted octanol–water partition coefficient (Wildman–Crippen LogP) is 3.20. The van der Waals surface area contributed by atoms with E-state index in [9.17, 15) is 8.78 Å². The Morgan fingerprint density at radius 3 is 2.60 bits per heavy atom. The van der Waals surface area contributed by atoms with Gasteiger partial charge in [-0.3, -0.25) is 0 Å². The minimum atomic E-state index is -2.33. The fraction of sp³-hybridized carbons (Fsp3) is 0.167. The van der Waals surface area contributed by atoms with E-state index in [1.54, 1.807) is 10.1 Å². The molecule has 0 atom stereocenters. The Balaban J connectivity index is 2.93. The van der Waals surface area contributed by atoms with E-state index < -0.39 is 6.43 Å². The quantitative estimate of drug-likeness (QED) is 0.651. The van der Waals surface area contributed by atoms with Gasteiger partial charge in [0, 0.05) is 10.1 Å². The van der Waals surface area contributed by atoms with Gasteiger partial charge in [-0.05, 0) is 14.2 Å². The third kappa shape index (κ3) is 1.95. The summed E-state index contributed by atoms with van der Waals surface area (Å²) in [5.41, 5.74) is 0.148. The SMILES string of the molecule is FC(F)C1=C(Br)C=CI=C1. The molecule has 0 aliphatic carbocycles. The van der Waals surface area contributed by atoms with E-state index in [0.717, 1.165) is 0 Å². The van der Waals surface area contributed by atoms with Crippen LogP contribution in [-0.2, 0) is 0 Å². The number of halogens is 4. The third-order valence-corrected chi connectivity index (χ3v) is 3.50. The van der Waals surface area contributed by atoms with Gasteiger partial charge in [0.25, 0.3) is 6.43 Å². The molecule has 0 amide bonds. The molecule has 1 aliphatic heterocycles. The summed E-state index contributed by atoms with van der Waals surface area (Å²) in [5.74, 6) is 0. The molecule has 0 fully saturated rings. The van der Waals surface area contributed by atoms with E-state index >= 15 is 0 Å². The molecule has 0 aromatic carbocycles. The van der Waals surface area contributed by atoms with E-state index in [-0.39, 0.29) is 26.3 Å². The highest BCUT2D eigenvalue weighted by atomic mass is 127. The van der Waals surface area contributed by atoms with Crippen LogP contribution in [0.4, 0.5) is 8.78 Å². The zero-order valence-electron chi connectivity index (χ0n) is 4.82. The van der Waals surface area contributed by atoms with Crippen LogP contribution in [0.3, 0.4) is 0 Å². The Hall–Kier alpha value is 0.420. The van der Waals surface area contributed by atoms with Gasteiger partial charge in [-0.25, -0.2) is 8.78 Å². The van der Waals surface area contributed by atoms with Gasteiger partial charge >= 0.3 is 0 Å². The van der Waals surface area contributed by atoms with Gasteiger partial charge in [0.15, 0.2) is 0 Å². The Kier molecular flexibility index (Phi) is 3.16. The molecule has 0 radical (unpaired) electrons. The van der Waals surface area contributed by atoms with Crippen molar-refractivity contribution in [1.29, 1.82) is 0 Å². The van der Waals surface area contributed by atoms with E-state index in [4.69, 9.17) is 0 Å². The standard InChI is InChI=1S/C6H4BrF2I/c7-5-1-2-10-3-4(5)6(8)9/h1-3,6H. The highest BCUT2D eigenvalue weighted by molar-refractivity contribution is 14.2. The van der Waals surface area contributed by atoms with Gasteiger partial charge < -0.3 is 0 Å². The molecule has 0 aromatic rings. The maximum absolute atomic E-state index is 12.0. The van der Waals surface area contributed by atoms with Crippen LogP contribution in [0, 0.1) is 0 Å². The fourth-order valence-electron chi connectivity index (χ4n) is 0.496. The van der Waals surface area contributed by atoms with Crippen molar-refractivity contribution in [2.75, 3.05) is 0 Å². The molecule has 4 heteroatoms. The Morgan fingerprint density at radius 1 is 1.50 bits per heavy atom. The van der Waals surface area contributed by atoms with Crippen LogP contribution in [0.15, 0.2) is 20.2 Å². The number of hydrogen-bond donors (Lipinski definition) is 0. The van der Waals surface area contributed by atoms with Crippen molar-refractivity contribution in [3.05, 3.63) is 20.2 Å². The van der Waals surface area contributed by atoms with Crippen LogP contribution in [0.1, 0.15) is 0 Å². The Labute approximate surface area is 75.9 Å². The first-order valence-corrected chi connectivity index (χ1v) is 5.80. The number of allylic oxidation sites excluding steroid dienone is 3. The van der Waals surface area contributed by atoms with E-state index in [1.165, 1.54) is 0 Å². The maximum atomic E-state index is 12.0. The lowest BCUT2D eigenvalue weighted by Gasteiger charge is -2.03. The summed E-state index contributed by atoms with van der Waals surface area (Å²) in [6.45, 7) is 0. The summed E-state index contributed by atoms with van der Waals surface area (Å²) in [6.07, 6.45) is -0.631. The van der Waals surface area contributed by atoms with Crippen molar-refractivity contribution in [1.82, 2.24) is 0 Å². The summed E-state index contributed by atoms with van der Waals surface area (Å²) in [5, 5.41) is 0. The first kappa shape index (κ1) is 8.52. The lowest BCUT2D eigenvalue weighted by Crippen LogP contribution is -1.99. The lowest BCUT2D eigenvalue weighted by molar-refractivity contribution is 0.197. The zero-order chi connectivity index (χ0) is 7.56. The largest absolute Gasteiger partial charge is 0.265 e. The normalized spacial score (nSPS) is 18.0. The minimum absolute atomic E-state index is 0.148. The van der Waals surface area contributed by atoms with E-state index in [0.29, 0.717) is 4.48 Å². The molecule has 1 rings (SSSR count). The monoisotopic (exact) mass is 320 g/mol. The average Bonchev–Trinajstić information content (AvgIpc) is 1.88. The zero-order valence-corrected chi connectivity index (χ0v) is 8.56. The summed E-state index contributed by atoms with van der Waals surface area (Å²) >= 11 is 2.79. The first-order chi connectivity index (χ1) is 4.72. The van der Waals surface area contributed by atoms with Gasteiger partial charge in [-0.15, -0.1) is 0 Å². The molecule has 0 bridgehead atoms. The van der Waals surface area contributed by atoms with Crippen LogP contribution in [0.25, 0.3) is 0 Å². The van der Waals surface area contributed by atoms with Gasteiger partial charge in [0.1, 0.15) is 0 Å². The summed E-state index contributed by atoms with van der Waals surface area (Å²) in [7, 11) is 0. The highest BCUT2D eigenvalue weighted by Crippen LogP contribution is 2.25. The van der Waals surface area contributed by atoms with Crippen molar-refractivity contribution >= 4 is 40.7 Å². The molecule has 1 heterocycles. The molecule has 0 nitrogen and oxygen atoms in total. The summed E-state index contributed by atoms with van der Waals surface area (Å²) in [6, 6.07) is 0. The maximum Gasteiger partial charge on any atom is 0.265 e. The number of hydrogen-bond acceptors (Lipinski definition) is 0. The van der Waals surface area contributed by atoms with Crippen molar-refractivity contribution in [2.24, 2.45) is 0 Å². The topological polar surface area (TPSA) is 0 Å². The molecular formula is C6H4BrF2I. The molecule has 10 heavy (non-hydrogen) atoms. The van der Waals surface area contributed by atoms with Gasteiger partial charge in [-0.1, -0.05) is 36.7 Å². The van der Waals surface area contributed by atoms with Crippen molar-refractivity contribution < 1.29 is 8.78 Å². The smallest absolute Gasteiger partial charge is 0.205 e. The van der Waals surface area contributed by atoms with Crippen LogP contribution in [0.2, 0.25) is 0 Å². The van der Waals surface area contributed by atoms with E-state index in [1.807, 2.05) is 4.08 Å². The number of alkyl halides is 2. The van der Waals surface area contributed by atoms with Crippen LogP contribution in [-0.4, -0.2) is 10.4 Å². The Morgan fingerprint density at radius 2 is 2.20 bits per heavy atom. The average molecular weight is 321 g/mol. The molecule has 1 aliphatic rings. The molecular weight excluding hydrogens is 317 g/mol. The minimum Gasteiger partial charge on any atom is -0.205 e. The van der Waals surface area contributed by atoms with Crippen LogP contribution >= 0.6 is 36.7 Å². The van der Waals surface area contributed by atoms with Crippen LogP contribution in [0.5, 0.6) is 0 Å². The lowest BCUT2D eigenvalue weighted by atomic mass is 10.3. The molecule has 56 valence electrons. The second-order valence-electron chi connectivity index (χ2n) is 1.63. The molecule has 0 N–H and O–H groups in total. The second kappa shape index (κ2) is 3.71. The molecule has 0 aromatic heterocycles. The van der Waals surface area contributed by atoms with Gasteiger partial charge in [0.2, 0.25) is 0 Å². The van der Waals surface area contributed by atoms with Gasteiger partial charge in [-0.2, -0.15) is 0 Å². The van der Waals surface area contributed by atoms with Crippen molar-refractivity contribution in [3.63, 3.8) is 0 Å². The Bertz CT molecular complexity index is 218. The molecule has 0 saturated heterocycles. The van der Waals surface area contributed by atoms with Gasteiger partial charge in [0.05, 0.1) is 0 Å². The molecule has 0 saturated carbocycles.